The molecule has 2 aromatic rings. The van der Waals surface area contributed by atoms with Crippen molar-refractivity contribution >= 4 is 22.6 Å². The Morgan fingerprint density at radius 2 is 1.90 bits per heavy atom. The monoisotopic (exact) mass is 379 g/mol. The predicted molar refractivity (Wildman–Crippen MR) is 95.1 cm³/mol. The molecule has 0 saturated carbocycles. The van der Waals surface area contributed by atoms with Crippen LogP contribution in [0.15, 0.2) is 48.5 Å². The number of nitrogens with one attached hydrogen (secondary N) is 1. The van der Waals surface area contributed by atoms with Gasteiger partial charge in [0.1, 0.15) is 0 Å². The molecule has 106 valence electrons. The lowest BCUT2D eigenvalue weighted by Crippen LogP contribution is -2.24. The molecule has 2 heteroatoms. The minimum Gasteiger partial charge on any atom is -0.310 e. The average Bonchev–Trinajstić information content (AvgIpc) is 2.45. The highest BCUT2D eigenvalue weighted by atomic mass is 127. The van der Waals surface area contributed by atoms with Crippen molar-refractivity contribution in [2.24, 2.45) is 0 Å². The summed E-state index contributed by atoms with van der Waals surface area (Å²) in [5.74, 6) is 0. The van der Waals surface area contributed by atoms with E-state index in [1.54, 1.807) is 0 Å². The zero-order valence-corrected chi connectivity index (χ0v) is 14.4. The van der Waals surface area contributed by atoms with Gasteiger partial charge in [-0.3, -0.25) is 0 Å². The molecular formula is C18H22IN. The van der Waals surface area contributed by atoms with Gasteiger partial charge in [-0.25, -0.2) is 0 Å². The van der Waals surface area contributed by atoms with Gasteiger partial charge in [0, 0.05) is 9.61 Å². The predicted octanol–water partition coefficient (Wildman–Crippen LogP) is 4.88. The highest BCUT2D eigenvalue weighted by Gasteiger charge is 2.12. The van der Waals surface area contributed by atoms with Crippen LogP contribution in [0.4, 0.5) is 0 Å². The summed E-state index contributed by atoms with van der Waals surface area (Å²) in [4.78, 5) is 0. The van der Waals surface area contributed by atoms with Gasteiger partial charge in [0.05, 0.1) is 0 Å². The zero-order chi connectivity index (χ0) is 14.4. The number of hydrogen-bond acceptors (Lipinski definition) is 1. The lowest BCUT2D eigenvalue weighted by atomic mass is 9.96. The maximum absolute atomic E-state index is 3.69. The molecule has 1 unspecified atom stereocenters. The fraction of sp³-hybridized carbons (Fsp3) is 0.333. The van der Waals surface area contributed by atoms with E-state index in [1.165, 1.54) is 20.3 Å². The van der Waals surface area contributed by atoms with Crippen molar-refractivity contribution in [2.45, 2.75) is 32.7 Å². The number of hydrogen-bond donors (Lipinski definition) is 1. The molecule has 0 radical (unpaired) electrons. The molecule has 20 heavy (non-hydrogen) atoms. The first-order valence-corrected chi connectivity index (χ1v) is 8.32. The van der Waals surface area contributed by atoms with Crippen molar-refractivity contribution in [1.82, 2.24) is 5.32 Å². The second kappa shape index (κ2) is 7.79. The average molecular weight is 379 g/mol. The summed E-state index contributed by atoms with van der Waals surface area (Å²) in [5, 5.41) is 3.69. The van der Waals surface area contributed by atoms with Gasteiger partial charge in [-0.15, -0.1) is 0 Å². The van der Waals surface area contributed by atoms with E-state index in [9.17, 15) is 0 Å². The normalized spacial score (nSPS) is 12.3. The van der Waals surface area contributed by atoms with E-state index >= 15 is 0 Å². The number of halogens is 1. The molecule has 1 atom stereocenters. The summed E-state index contributed by atoms with van der Waals surface area (Å²) < 4.78 is 1.30. The topological polar surface area (TPSA) is 12.0 Å². The van der Waals surface area contributed by atoms with Gasteiger partial charge in [-0.2, -0.15) is 0 Å². The molecule has 0 aliphatic carbocycles. The molecule has 1 N–H and O–H groups in total. The lowest BCUT2D eigenvalue weighted by molar-refractivity contribution is 0.528. The Bertz CT molecular complexity index is 551. The molecule has 0 aliphatic heterocycles. The van der Waals surface area contributed by atoms with Crippen molar-refractivity contribution < 1.29 is 0 Å². The van der Waals surface area contributed by atoms with Crippen LogP contribution in [0.2, 0.25) is 0 Å². The Morgan fingerprint density at radius 1 is 1.10 bits per heavy atom. The van der Waals surface area contributed by atoms with Crippen LogP contribution in [-0.4, -0.2) is 6.54 Å². The summed E-state index contributed by atoms with van der Waals surface area (Å²) in [5.41, 5.74) is 4.19. The zero-order valence-electron chi connectivity index (χ0n) is 12.2. The molecule has 0 bridgehead atoms. The first-order chi connectivity index (χ1) is 9.70. The Hall–Kier alpha value is -0.870. The highest BCUT2D eigenvalue weighted by Crippen LogP contribution is 2.22. The van der Waals surface area contributed by atoms with Crippen LogP contribution in [0.1, 0.15) is 36.1 Å². The molecule has 1 nitrogen and oxygen atoms in total. The fourth-order valence-electron chi connectivity index (χ4n) is 2.41. The van der Waals surface area contributed by atoms with Gasteiger partial charge < -0.3 is 5.32 Å². The Labute approximate surface area is 135 Å². The fourth-order valence-corrected chi connectivity index (χ4v) is 2.98. The van der Waals surface area contributed by atoms with E-state index in [1.807, 2.05) is 0 Å². The van der Waals surface area contributed by atoms with Gasteiger partial charge in [0.15, 0.2) is 0 Å². The molecule has 0 amide bonds. The number of rotatable bonds is 6. The lowest BCUT2D eigenvalue weighted by Gasteiger charge is -2.20. The van der Waals surface area contributed by atoms with Gasteiger partial charge in [-0.05, 0) is 77.7 Å². The van der Waals surface area contributed by atoms with Crippen LogP contribution >= 0.6 is 22.6 Å². The Morgan fingerprint density at radius 3 is 2.60 bits per heavy atom. The van der Waals surface area contributed by atoms with Crippen LogP contribution in [-0.2, 0) is 6.42 Å². The van der Waals surface area contributed by atoms with E-state index in [0.29, 0.717) is 6.04 Å². The minimum absolute atomic E-state index is 0.394. The van der Waals surface area contributed by atoms with Gasteiger partial charge >= 0.3 is 0 Å². The minimum atomic E-state index is 0.394. The van der Waals surface area contributed by atoms with Crippen LogP contribution in [0, 0.1) is 10.5 Å². The molecule has 2 rings (SSSR count). The van der Waals surface area contributed by atoms with Crippen molar-refractivity contribution in [2.75, 3.05) is 6.54 Å². The van der Waals surface area contributed by atoms with Gasteiger partial charge in [0.2, 0.25) is 0 Å². The number of benzene rings is 2. The van der Waals surface area contributed by atoms with Crippen LogP contribution in [0.3, 0.4) is 0 Å². The third-order valence-electron chi connectivity index (χ3n) is 3.58. The third-order valence-corrected chi connectivity index (χ3v) is 4.25. The molecule has 0 fully saturated rings. The summed E-state index contributed by atoms with van der Waals surface area (Å²) >= 11 is 2.39. The molecule has 2 aromatic carbocycles. The van der Waals surface area contributed by atoms with E-state index in [0.717, 1.165) is 19.4 Å². The quantitative estimate of drug-likeness (QED) is 0.706. The van der Waals surface area contributed by atoms with E-state index in [4.69, 9.17) is 0 Å². The van der Waals surface area contributed by atoms with Crippen LogP contribution in [0.25, 0.3) is 0 Å². The summed E-state index contributed by atoms with van der Waals surface area (Å²) in [6.07, 6.45) is 2.21. The van der Waals surface area contributed by atoms with E-state index < -0.39 is 0 Å². The molecular weight excluding hydrogens is 357 g/mol. The molecule has 0 heterocycles. The largest absolute Gasteiger partial charge is 0.310 e. The second-order valence-electron chi connectivity index (χ2n) is 5.19. The SMILES string of the molecule is CCCNC(Cc1ccccc1C)c1cccc(I)c1. The molecule has 0 spiro atoms. The summed E-state index contributed by atoms with van der Waals surface area (Å²) in [7, 11) is 0. The van der Waals surface area contributed by atoms with E-state index in [-0.39, 0.29) is 0 Å². The number of aryl methyl sites for hydroxylation is 1. The second-order valence-corrected chi connectivity index (χ2v) is 6.44. The maximum atomic E-state index is 3.69. The smallest absolute Gasteiger partial charge is 0.0361 e. The van der Waals surface area contributed by atoms with Crippen molar-refractivity contribution in [3.05, 3.63) is 68.8 Å². The standard InChI is InChI=1S/C18H22IN/c1-3-11-20-18(16-9-6-10-17(19)12-16)13-15-8-5-4-7-14(15)2/h4-10,12,18,20H,3,11,13H2,1-2H3. The Balaban J connectivity index is 2.21. The molecule has 0 aromatic heterocycles. The van der Waals surface area contributed by atoms with E-state index in [2.05, 4.69) is 90.3 Å². The van der Waals surface area contributed by atoms with Crippen molar-refractivity contribution in [3.8, 4) is 0 Å². The van der Waals surface area contributed by atoms with Crippen molar-refractivity contribution in [3.63, 3.8) is 0 Å². The summed E-state index contributed by atoms with van der Waals surface area (Å²) in [6, 6.07) is 17.9. The first kappa shape index (κ1) is 15.5. The molecule has 0 aliphatic rings. The van der Waals surface area contributed by atoms with Crippen LogP contribution < -0.4 is 5.32 Å². The van der Waals surface area contributed by atoms with Gasteiger partial charge in [0.25, 0.3) is 0 Å². The van der Waals surface area contributed by atoms with Crippen LogP contribution in [0.5, 0.6) is 0 Å². The summed E-state index contributed by atoms with van der Waals surface area (Å²) in [6.45, 7) is 5.47. The third kappa shape index (κ3) is 4.32. The van der Waals surface area contributed by atoms with Gasteiger partial charge in [-0.1, -0.05) is 43.3 Å². The highest BCUT2D eigenvalue weighted by molar-refractivity contribution is 14.1. The Kier molecular flexibility index (Phi) is 6.05. The van der Waals surface area contributed by atoms with Crippen molar-refractivity contribution in [1.29, 1.82) is 0 Å². The maximum Gasteiger partial charge on any atom is 0.0361 e. The molecule has 0 saturated heterocycles. The first-order valence-electron chi connectivity index (χ1n) is 7.24.